The minimum atomic E-state index is -0.566. The number of hydrogen-bond acceptors (Lipinski definition) is 4. The normalized spacial score (nSPS) is 9.90. The molecule has 0 fully saturated rings. The molecule has 102 valence electrons. The van der Waals surface area contributed by atoms with Gasteiger partial charge in [-0.05, 0) is 25.1 Å². The van der Waals surface area contributed by atoms with Crippen molar-refractivity contribution in [1.82, 2.24) is 4.98 Å². The molecule has 0 radical (unpaired) electrons. The number of halogens is 1. The molecule has 2 aromatic rings. The monoisotopic (exact) mass is 272 g/mol. The number of aryl methyl sites for hydroxylation is 1. The Hall–Kier alpha value is -2.61. The van der Waals surface area contributed by atoms with Gasteiger partial charge in [0, 0.05) is 17.8 Å². The van der Waals surface area contributed by atoms with Gasteiger partial charge in [-0.25, -0.2) is 4.39 Å². The maximum absolute atomic E-state index is 13.6. The van der Waals surface area contributed by atoms with Gasteiger partial charge in [0.05, 0.1) is 24.4 Å². The van der Waals surface area contributed by atoms with Crippen molar-refractivity contribution < 1.29 is 13.9 Å². The van der Waals surface area contributed by atoms with E-state index in [4.69, 9.17) is 14.7 Å². The van der Waals surface area contributed by atoms with E-state index in [1.54, 1.807) is 19.2 Å². The highest BCUT2D eigenvalue weighted by Gasteiger charge is 2.07. The molecule has 4 nitrogen and oxygen atoms in total. The van der Waals surface area contributed by atoms with Gasteiger partial charge in [0.2, 0.25) is 0 Å². The lowest BCUT2D eigenvalue weighted by Gasteiger charge is -2.09. The van der Waals surface area contributed by atoms with E-state index in [2.05, 4.69) is 4.98 Å². The van der Waals surface area contributed by atoms with E-state index in [9.17, 15) is 4.39 Å². The highest BCUT2D eigenvalue weighted by molar-refractivity contribution is 5.36. The number of nitrogens with zero attached hydrogens (tertiary/aromatic N) is 2. The summed E-state index contributed by atoms with van der Waals surface area (Å²) in [5, 5.41) is 8.67. The summed E-state index contributed by atoms with van der Waals surface area (Å²) in [5.41, 5.74) is 1.69. The zero-order valence-electron chi connectivity index (χ0n) is 11.2. The number of benzene rings is 1. The van der Waals surface area contributed by atoms with Crippen molar-refractivity contribution in [2.45, 2.75) is 13.5 Å². The minimum absolute atomic E-state index is 0.0891. The minimum Gasteiger partial charge on any atom is -0.497 e. The maximum atomic E-state index is 13.6. The van der Waals surface area contributed by atoms with Crippen LogP contribution in [-0.2, 0) is 6.61 Å². The van der Waals surface area contributed by atoms with Crippen LogP contribution in [-0.4, -0.2) is 12.1 Å². The number of aromatic nitrogens is 1. The van der Waals surface area contributed by atoms with Crippen molar-refractivity contribution in [2.75, 3.05) is 7.11 Å². The molecule has 0 N–H and O–H groups in total. The fourth-order valence-electron chi connectivity index (χ4n) is 1.73. The van der Waals surface area contributed by atoms with Crippen molar-refractivity contribution in [3.63, 3.8) is 0 Å². The topological polar surface area (TPSA) is 55.1 Å². The van der Waals surface area contributed by atoms with Crippen molar-refractivity contribution in [2.24, 2.45) is 0 Å². The summed E-state index contributed by atoms with van der Waals surface area (Å²) >= 11 is 0. The quantitative estimate of drug-likeness (QED) is 0.858. The molecule has 0 saturated carbocycles. The third-order valence-corrected chi connectivity index (χ3v) is 2.65. The smallest absolute Gasteiger partial charge is 0.166 e. The summed E-state index contributed by atoms with van der Waals surface area (Å²) in [6.45, 7) is 1.97. The molecule has 0 atom stereocenters. The zero-order chi connectivity index (χ0) is 14.5. The number of hydrogen-bond donors (Lipinski definition) is 0. The predicted octanol–water partition coefficient (Wildman–Crippen LogP) is 2.99. The van der Waals surface area contributed by atoms with Crippen LogP contribution in [0.2, 0.25) is 0 Å². The van der Waals surface area contributed by atoms with E-state index in [-0.39, 0.29) is 17.9 Å². The zero-order valence-corrected chi connectivity index (χ0v) is 11.2. The molecule has 1 aromatic heterocycles. The average molecular weight is 272 g/mol. The van der Waals surface area contributed by atoms with Gasteiger partial charge in [0.1, 0.15) is 12.4 Å². The molecule has 0 aliphatic rings. The Bertz CT molecular complexity index is 665. The van der Waals surface area contributed by atoms with E-state index in [1.807, 2.05) is 13.0 Å². The highest BCUT2D eigenvalue weighted by atomic mass is 19.1. The van der Waals surface area contributed by atoms with Crippen LogP contribution in [0.15, 0.2) is 30.3 Å². The molecule has 1 heterocycles. The molecule has 0 saturated heterocycles. The predicted molar refractivity (Wildman–Crippen MR) is 71.0 cm³/mol. The summed E-state index contributed by atoms with van der Waals surface area (Å²) in [5.74, 6) is 0.200. The molecule has 0 aliphatic carbocycles. The number of nitriles is 1. The fraction of sp³-hybridized carbons (Fsp3) is 0.200. The highest BCUT2D eigenvalue weighted by Crippen LogP contribution is 2.20. The van der Waals surface area contributed by atoms with Crippen molar-refractivity contribution in [1.29, 1.82) is 5.26 Å². The van der Waals surface area contributed by atoms with Crippen LogP contribution in [0.3, 0.4) is 0 Å². The molecule has 0 aliphatic heterocycles. The van der Waals surface area contributed by atoms with E-state index in [0.29, 0.717) is 11.4 Å². The van der Waals surface area contributed by atoms with Gasteiger partial charge in [-0.3, -0.25) is 4.98 Å². The Balaban J connectivity index is 2.13. The Kier molecular flexibility index (Phi) is 4.16. The van der Waals surface area contributed by atoms with Crippen molar-refractivity contribution >= 4 is 0 Å². The molecule has 20 heavy (non-hydrogen) atoms. The van der Waals surface area contributed by atoms with Crippen LogP contribution in [0.25, 0.3) is 0 Å². The molecule has 0 unspecified atom stereocenters. The van der Waals surface area contributed by atoms with Gasteiger partial charge in [-0.2, -0.15) is 5.26 Å². The van der Waals surface area contributed by atoms with Gasteiger partial charge in [-0.1, -0.05) is 0 Å². The van der Waals surface area contributed by atoms with Crippen molar-refractivity contribution in [3.8, 4) is 17.6 Å². The first-order chi connectivity index (χ1) is 9.62. The first-order valence-corrected chi connectivity index (χ1v) is 5.96. The largest absolute Gasteiger partial charge is 0.497 e. The summed E-state index contributed by atoms with van der Waals surface area (Å²) < 4.78 is 24.2. The SMILES string of the molecule is COc1cc(C)nc(COc2ccc(C#N)cc2F)c1. The molecule has 0 amide bonds. The van der Waals surface area contributed by atoms with Crippen LogP contribution in [0.5, 0.6) is 11.5 Å². The summed E-state index contributed by atoms with van der Waals surface area (Å²) in [7, 11) is 1.57. The number of rotatable bonds is 4. The summed E-state index contributed by atoms with van der Waals surface area (Å²) in [6.07, 6.45) is 0. The lowest BCUT2D eigenvalue weighted by molar-refractivity contribution is 0.284. The van der Waals surface area contributed by atoms with Gasteiger partial charge < -0.3 is 9.47 Å². The second-order valence-electron chi connectivity index (χ2n) is 4.19. The number of ether oxygens (including phenoxy) is 2. The molecule has 5 heteroatoms. The van der Waals surface area contributed by atoms with E-state index in [0.717, 1.165) is 11.8 Å². The van der Waals surface area contributed by atoms with E-state index in [1.165, 1.54) is 12.1 Å². The molecule has 2 rings (SSSR count). The fourth-order valence-corrected chi connectivity index (χ4v) is 1.73. The molecular weight excluding hydrogens is 259 g/mol. The van der Waals surface area contributed by atoms with Crippen LogP contribution < -0.4 is 9.47 Å². The standard InChI is InChI=1S/C15H13FN2O2/c1-10-5-13(19-2)7-12(18-10)9-20-15-4-3-11(8-17)6-14(15)16/h3-7H,9H2,1-2H3. The van der Waals surface area contributed by atoms with Crippen LogP contribution in [0.1, 0.15) is 17.0 Å². The average Bonchev–Trinajstić information content (AvgIpc) is 2.45. The van der Waals surface area contributed by atoms with E-state index < -0.39 is 5.82 Å². The third-order valence-electron chi connectivity index (χ3n) is 2.65. The Labute approximate surface area is 116 Å². The Morgan fingerprint density at radius 3 is 2.75 bits per heavy atom. The first-order valence-electron chi connectivity index (χ1n) is 5.96. The van der Waals surface area contributed by atoms with Gasteiger partial charge >= 0.3 is 0 Å². The van der Waals surface area contributed by atoms with Gasteiger partial charge in [0.25, 0.3) is 0 Å². The van der Waals surface area contributed by atoms with Crippen LogP contribution in [0.4, 0.5) is 4.39 Å². The second-order valence-corrected chi connectivity index (χ2v) is 4.19. The number of pyridine rings is 1. The lowest BCUT2D eigenvalue weighted by atomic mass is 10.2. The Morgan fingerprint density at radius 1 is 1.30 bits per heavy atom. The first kappa shape index (κ1) is 13.8. The molecule has 0 spiro atoms. The van der Waals surface area contributed by atoms with Crippen LogP contribution >= 0.6 is 0 Å². The van der Waals surface area contributed by atoms with Gasteiger partial charge in [-0.15, -0.1) is 0 Å². The summed E-state index contributed by atoms with van der Waals surface area (Å²) in [6, 6.07) is 9.47. The molecule has 1 aromatic carbocycles. The maximum Gasteiger partial charge on any atom is 0.166 e. The van der Waals surface area contributed by atoms with Crippen molar-refractivity contribution in [3.05, 3.63) is 53.1 Å². The van der Waals surface area contributed by atoms with Gasteiger partial charge in [0.15, 0.2) is 11.6 Å². The van der Waals surface area contributed by atoms with E-state index >= 15 is 0 Å². The third kappa shape index (κ3) is 3.23. The molecule has 0 bridgehead atoms. The summed E-state index contributed by atoms with van der Waals surface area (Å²) in [4.78, 5) is 4.28. The Morgan fingerprint density at radius 2 is 2.10 bits per heavy atom. The lowest BCUT2D eigenvalue weighted by Crippen LogP contribution is -2.01. The molecular formula is C15H13FN2O2. The van der Waals surface area contributed by atoms with Crippen LogP contribution in [0, 0.1) is 24.1 Å². The number of methoxy groups -OCH3 is 1. The second kappa shape index (κ2) is 6.02.